The van der Waals surface area contributed by atoms with Gasteiger partial charge < -0.3 is 14.4 Å². The third-order valence-electron chi connectivity index (χ3n) is 6.12. The van der Waals surface area contributed by atoms with E-state index in [1.807, 2.05) is 0 Å². The first kappa shape index (κ1) is 18.0. The maximum atomic E-state index is 15.1. The highest BCUT2D eigenvalue weighted by Gasteiger charge is 2.37. The normalized spacial score (nSPS) is 21.3. The molecule has 3 aromatic rings. The first-order chi connectivity index (χ1) is 14.4. The van der Waals surface area contributed by atoms with Crippen molar-refractivity contribution in [3.05, 3.63) is 56.1 Å². The van der Waals surface area contributed by atoms with E-state index in [9.17, 15) is 19.1 Å². The minimum atomic E-state index is -1.56. The third-order valence-corrected chi connectivity index (χ3v) is 7.37. The average Bonchev–Trinajstić information content (AvgIpc) is 3.09. The molecule has 6 rings (SSSR count). The summed E-state index contributed by atoms with van der Waals surface area (Å²) >= 11 is 1.27. The minimum absolute atomic E-state index is 0.125. The minimum Gasteiger partial charge on any atom is -0.458 e. The Hall–Kier alpha value is -2.78. The van der Waals surface area contributed by atoms with Gasteiger partial charge in [-0.1, -0.05) is 0 Å². The molecular weight excluding hydrogens is 414 g/mol. The number of aliphatic hydroxyl groups excluding tert-OH is 1. The second-order valence-electron chi connectivity index (χ2n) is 7.70. The number of thioether (sulfide) groups is 1. The van der Waals surface area contributed by atoms with Gasteiger partial charge in [-0.3, -0.25) is 4.79 Å². The number of rotatable bonds is 0. The molecule has 3 aliphatic rings. The van der Waals surface area contributed by atoms with Crippen LogP contribution < -0.4 is 5.56 Å². The van der Waals surface area contributed by atoms with Crippen molar-refractivity contribution in [2.75, 3.05) is 5.75 Å². The Morgan fingerprint density at radius 3 is 2.90 bits per heavy atom. The molecule has 0 bridgehead atoms. The number of carbonyl (C=O) groups is 1. The van der Waals surface area contributed by atoms with Gasteiger partial charge in [0.1, 0.15) is 18.6 Å². The molecule has 30 heavy (non-hydrogen) atoms. The smallest absolute Gasteiger partial charge is 0.340 e. The van der Waals surface area contributed by atoms with Gasteiger partial charge >= 0.3 is 5.97 Å². The maximum Gasteiger partial charge on any atom is 0.340 e. The molecule has 0 radical (unpaired) electrons. The molecule has 6 nitrogen and oxygen atoms in total. The zero-order valence-electron chi connectivity index (χ0n) is 15.7. The molecule has 1 N–H and O–H groups in total. The number of aliphatic hydroxyl groups is 1. The Bertz CT molecular complexity index is 1380. The standard InChI is InChI=1S/C21H14F2N2O4S/c1-7-11(22)3-13-16-15(12(23)6-30-19(7)16)9-4-25-14(17(9)24-13)2-8-10(20(25)27)5-29-21(28)18(8)26/h2-3,12,18,26H,4-6H2,1H3. The number of hydrogen-bond acceptors (Lipinski definition) is 6. The number of cyclic esters (lactones) is 1. The lowest BCUT2D eigenvalue weighted by Gasteiger charge is -2.24. The van der Waals surface area contributed by atoms with Crippen LogP contribution in [0.4, 0.5) is 8.78 Å². The number of nitrogens with zero attached hydrogens (tertiary/aromatic N) is 2. The number of aromatic nitrogens is 2. The van der Waals surface area contributed by atoms with Crippen LogP contribution >= 0.6 is 11.8 Å². The molecule has 1 aromatic carbocycles. The van der Waals surface area contributed by atoms with Gasteiger partial charge in [-0.15, -0.1) is 11.8 Å². The number of benzene rings is 1. The first-order valence-corrected chi connectivity index (χ1v) is 10.4. The molecule has 0 spiro atoms. The lowest BCUT2D eigenvalue weighted by molar-refractivity contribution is -0.157. The van der Waals surface area contributed by atoms with Gasteiger partial charge in [-0.05, 0) is 18.6 Å². The first-order valence-electron chi connectivity index (χ1n) is 9.41. The van der Waals surface area contributed by atoms with Crippen molar-refractivity contribution >= 4 is 28.6 Å². The van der Waals surface area contributed by atoms with E-state index in [0.29, 0.717) is 43.9 Å². The Kier molecular flexibility index (Phi) is 3.54. The molecule has 5 heterocycles. The topological polar surface area (TPSA) is 81.4 Å². The summed E-state index contributed by atoms with van der Waals surface area (Å²) in [5.41, 5.74) is 2.55. The summed E-state index contributed by atoms with van der Waals surface area (Å²) in [7, 11) is 0. The van der Waals surface area contributed by atoms with E-state index in [2.05, 4.69) is 4.98 Å². The Labute approximate surface area is 172 Å². The molecule has 0 amide bonds. The molecule has 0 fully saturated rings. The van der Waals surface area contributed by atoms with E-state index >= 15 is 4.39 Å². The lowest BCUT2D eigenvalue weighted by Crippen LogP contribution is -2.32. The summed E-state index contributed by atoms with van der Waals surface area (Å²) in [5.74, 6) is -1.08. The largest absolute Gasteiger partial charge is 0.458 e. The summed E-state index contributed by atoms with van der Waals surface area (Å²) in [6.45, 7) is 1.57. The molecule has 2 unspecified atom stereocenters. The van der Waals surface area contributed by atoms with E-state index in [1.54, 1.807) is 6.92 Å². The van der Waals surface area contributed by atoms with Crippen molar-refractivity contribution in [3.63, 3.8) is 0 Å². The van der Waals surface area contributed by atoms with E-state index in [4.69, 9.17) is 4.74 Å². The predicted molar refractivity (Wildman–Crippen MR) is 105 cm³/mol. The fourth-order valence-corrected chi connectivity index (χ4v) is 5.78. The molecule has 2 atom stereocenters. The third kappa shape index (κ3) is 2.14. The highest BCUT2D eigenvalue weighted by atomic mass is 32.2. The Morgan fingerprint density at radius 2 is 2.10 bits per heavy atom. The SMILES string of the molecule is Cc1c(F)cc2nc3c(c4c2c1SCC4F)Cn1c-3cc2c(c1=O)COC(=O)C2O. The highest BCUT2D eigenvalue weighted by molar-refractivity contribution is 7.99. The van der Waals surface area contributed by atoms with Crippen molar-refractivity contribution < 1.29 is 23.4 Å². The predicted octanol–water partition coefficient (Wildman–Crippen LogP) is 3.08. The number of hydrogen-bond donors (Lipinski definition) is 1. The van der Waals surface area contributed by atoms with Crippen molar-refractivity contribution in [1.29, 1.82) is 0 Å². The number of ether oxygens (including phenoxy) is 1. The molecule has 3 aliphatic heterocycles. The number of esters is 1. The van der Waals surface area contributed by atoms with Crippen LogP contribution in [-0.4, -0.2) is 26.4 Å². The summed E-state index contributed by atoms with van der Waals surface area (Å²) < 4.78 is 36.0. The number of fused-ring (bicyclic) bond motifs is 5. The zero-order chi connectivity index (χ0) is 20.9. The van der Waals surface area contributed by atoms with Gasteiger partial charge in [0, 0.05) is 38.8 Å². The molecule has 0 saturated carbocycles. The van der Waals surface area contributed by atoms with Gasteiger partial charge in [-0.25, -0.2) is 18.6 Å². The second-order valence-corrected chi connectivity index (χ2v) is 8.73. The van der Waals surface area contributed by atoms with Crippen LogP contribution in [0.2, 0.25) is 0 Å². The van der Waals surface area contributed by atoms with Crippen LogP contribution in [0.1, 0.15) is 40.1 Å². The van der Waals surface area contributed by atoms with Crippen LogP contribution in [0.5, 0.6) is 0 Å². The molecule has 0 saturated heterocycles. The van der Waals surface area contributed by atoms with Gasteiger partial charge in [0.15, 0.2) is 6.10 Å². The van der Waals surface area contributed by atoms with Crippen molar-refractivity contribution in [2.24, 2.45) is 0 Å². The van der Waals surface area contributed by atoms with Crippen LogP contribution in [0.3, 0.4) is 0 Å². The fourth-order valence-electron chi connectivity index (χ4n) is 4.62. The fraction of sp³-hybridized carbons (Fsp3) is 0.286. The van der Waals surface area contributed by atoms with Crippen LogP contribution in [-0.2, 0) is 22.7 Å². The lowest BCUT2D eigenvalue weighted by atomic mass is 9.95. The summed E-state index contributed by atoms with van der Waals surface area (Å²) in [4.78, 5) is 30.1. The summed E-state index contributed by atoms with van der Waals surface area (Å²) in [5, 5.41) is 10.8. The molecule has 2 aromatic heterocycles. The summed E-state index contributed by atoms with van der Waals surface area (Å²) in [6.07, 6.45) is -2.84. The number of carbonyl (C=O) groups excluding carboxylic acids is 1. The molecule has 152 valence electrons. The van der Waals surface area contributed by atoms with Gasteiger partial charge in [-0.2, -0.15) is 0 Å². The van der Waals surface area contributed by atoms with Crippen LogP contribution in [0.25, 0.3) is 22.3 Å². The number of pyridine rings is 2. The Morgan fingerprint density at radius 1 is 1.30 bits per heavy atom. The number of alkyl halides is 1. The maximum absolute atomic E-state index is 15.1. The average molecular weight is 428 g/mol. The zero-order valence-corrected chi connectivity index (χ0v) is 16.5. The summed E-state index contributed by atoms with van der Waals surface area (Å²) in [6, 6.07) is 2.83. The highest BCUT2D eigenvalue weighted by Crippen LogP contribution is 2.48. The van der Waals surface area contributed by atoms with E-state index in [0.717, 1.165) is 0 Å². The van der Waals surface area contributed by atoms with E-state index in [-0.39, 0.29) is 30.0 Å². The molecular formula is C21H14F2N2O4S. The quantitative estimate of drug-likeness (QED) is 0.434. The van der Waals surface area contributed by atoms with Crippen molar-refractivity contribution in [2.45, 2.75) is 37.2 Å². The van der Waals surface area contributed by atoms with Crippen molar-refractivity contribution in [3.8, 4) is 11.4 Å². The molecule has 9 heteroatoms. The van der Waals surface area contributed by atoms with Crippen LogP contribution in [0.15, 0.2) is 21.8 Å². The molecule has 0 aliphatic carbocycles. The van der Waals surface area contributed by atoms with Crippen LogP contribution in [0, 0.1) is 12.7 Å². The monoisotopic (exact) mass is 428 g/mol. The Balaban J connectivity index is 1.70. The second kappa shape index (κ2) is 5.89. The van der Waals surface area contributed by atoms with E-state index < -0.39 is 29.6 Å². The number of halogens is 2. The van der Waals surface area contributed by atoms with Gasteiger partial charge in [0.05, 0.1) is 29.0 Å². The van der Waals surface area contributed by atoms with E-state index in [1.165, 1.54) is 28.5 Å². The van der Waals surface area contributed by atoms with Gasteiger partial charge in [0.25, 0.3) is 5.56 Å². The van der Waals surface area contributed by atoms with Gasteiger partial charge in [0.2, 0.25) is 0 Å². The van der Waals surface area contributed by atoms with Crippen molar-refractivity contribution in [1.82, 2.24) is 9.55 Å².